The average Bonchev–Trinajstić information content (AvgIpc) is 3.21. The highest BCUT2D eigenvalue weighted by molar-refractivity contribution is 7.89. The number of ether oxygens (including phenoxy) is 1. The van der Waals surface area contributed by atoms with E-state index in [-0.39, 0.29) is 28.9 Å². The van der Waals surface area contributed by atoms with Crippen LogP contribution >= 0.6 is 0 Å². The summed E-state index contributed by atoms with van der Waals surface area (Å²) < 4.78 is 45.3. The minimum absolute atomic E-state index is 0.135. The fourth-order valence-electron chi connectivity index (χ4n) is 6.84. The Morgan fingerprint density at radius 3 is 2.22 bits per heavy atom. The minimum atomic E-state index is -3.63. The lowest BCUT2D eigenvalue weighted by molar-refractivity contribution is -0.121. The number of benzene rings is 1. The SMILES string of the molecule is CCCCCC(CC[C@H]1C(O[Si](C)(C)C(C)(C)C)C[C@@H]2Cc3c(cccc3OCC(=O)NS(C)(=O)=O)C[C@@H]21)O[Si](C)(C)C(C)(C)C. The summed E-state index contributed by atoms with van der Waals surface area (Å²) in [4.78, 5) is 12.2. The Hall–Kier alpha value is -1.21. The third-order valence-electron chi connectivity index (χ3n) is 11.4. The van der Waals surface area contributed by atoms with E-state index in [2.05, 4.69) is 80.7 Å². The van der Waals surface area contributed by atoms with Crippen molar-refractivity contribution in [1.29, 1.82) is 0 Å². The van der Waals surface area contributed by atoms with Gasteiger partial charge in [0.05, 0.1) is 6.26 Å². The Kier molecular flexibility index (Phi) is 12.9. The van der Waals surface area contributed by atoms with Gasteiger partial charge in [-0.25, -0.2) is 8.42 Å². The summed E-state index contributed by atoms with van der Waals surface area (Å²) in [5.74, 6) is 1.49. The summed E-state index contributed by atoms with van der Waals surface area (Å²) in [6.07, 6.45) is 11.4. The largest absolute Gasteiger partial charge is 0.483 e. The lowest BCUT2D eigenvalue weighted by Crippen LogP contribution is -2.46. The summed E-state index contributed by atoms with van der Waals surface area (Å²) in [6.45, 7) is 25.5. The Morgan fingerprint density at radius 2 is 1.63 bits per heavy atom. The molecule has 1 N–H and O–H groups in total. The van der Waals surface area contributed by atoms with Crippen LogP contribution in [0.1, 0.15) is 105 Å². The van der Waals surface area contributed by atoms with Crippen molar-refractivity contribution in [3.05, 3.63) is 29.3 Å². The Labute approximate surface area is 283 Å². The van der Waals surface area contributed by atoms with Crippen molar-refractivity contribution >= 4 is 32.6 Å². The molecular weight excluding hydrogens is 631 g/mol. The summed E-state index contributed by atoms with van der Waals surface area (Å²) in [5.41, 5.74) is 2.43. The first-order chi connectivity index (χ1) is 21.0. The normalized spacial score (nSPS) is 23.0. The minimum Gasteiger partial charge on any atom is -0.483 e. The summed E-state index contributed by atoms with van der Waals surface area (Å²) in [5, 5.41) is 0.316. The molecule has 264 valence electrons. The quantitative estimate of drug-likeness (QED) is 0.146. The van der Waals surface area contributed by atoms with E-state index in [1.165, 1.54) is 24.8 Å². The number of carbonyl (C=O) groups is 1. The predicted molar refractivity (Wildman–Crippen MR) is 195 cm³/mol. The topological polar surface area (TPSA) is 90.9 Å². The maximum absolute atomic E-state index is 12.2. The summed E-state index contributed by atoms with van der Waals surface area (Å²) in [7, 11) is -7.53. The van der Waals surface area contributed by atoms with Crippen LogP contribution in [-0.4, -0.2) is 56.0 Å². The van der Waals surface area contributed by atoms with Gasteiger partial charge in [0.2, 0.25) is 10.0 Å². The second kappa shape index (κ2) is 15.1. The molecule has 1 saturated carbocycles. The fraction of sp³-hybridized carbons (Fsp3) is 0.806. The zero-order valence-electron chi connectivity index (χ0n) is 31.0. The number of carbonyl (C=O) groups excluding carboxylic acids is 1. The van der Waals surface area contributed by atoms with Gasteiger partial charge in [-0.05, 0) is 110 Å². The molecule has 3 rings (SSSR count). The maximum atomic E-state index is 12.2. The van der Waals surface area contributed by atoms with Crippen LogP contribution in [0.5, 0.6) is 5.75 Å². The first-order valence-corrected chi connectivity index (χ1v) is 25.3. The molecule has 5 atom stereocenters. The number of hydrogen-bond acceptors (Lipinski definition) is 6. The van der Waals surface area contributed by atoms with E-state index >= 15 is 0 Å². The van der Waals surface area contributed by atoms with Crippen LogP contribution in [0.3, 0.4) is 0 Å². The summed E-state index contributed by atoms with van der Waals surface area (Å²) >= 11 is 0. The molecule has 0 bridgehead atoms. The number of unbranched alkanes of at least 4 members (excludes halogenated alkanes) is 2. The molecule has 0 spiro atoms. The molecule has 1 aromatic rings. The Morgan fingerprint density at radius 1 is 0.978 bits per heavy atom. The maximum Gasteiger partial charge on any atom is 0.271 e. The van der Waals surface area contributed by atoms with Crippen LogP contribution in [0.4, 0.5) is 0 Å². The number of nitrogens with one attached hydrogen (secondary N) is 1. The van der Waals surface area contributed by atoms with Gasteiger partial charge in [-0.3, -0.25) is 9.52 Å². The van der Waals surface area contributed by atoms with E-state index in [0.29, 0.717) is 23.5 Å². The van der Waals surface area contributed by atoms with Crippen molar-refractivity contribution in [2.75, 3.05) is 12.9 Å². The van der Waals surface area contributed by atoms with E-state index in [1.54, 1.807) is 0 Å². The van der Waals surface area contributed by atoms with Crippen LogP contribution in [0.15, 0.2) is 18.2 Å². The van der Waals surface area contributed by atoms with E-state index in [9.17, 15) is 13.2 Å². The number of rotatable bonds is 15. The first-order valence-electron chi connectivity index (χ1n) is 17.6. The van der Waals surface area contributed by atoms with Gasteiger partial charge in [-0.1, -0.05) is 79.9 Å². The second-order valence-corrected chi connectivity index (χ2v) is 28.5. The van der Waals surface area contributed by atoms with Gasteiger partial charge < -0.3 is 13.6 Å². The third kappa shape index (κ3) is 10.4. The molecule has 0 saturated heterocycles. The Bertz CT molecular complexity index is 1280. The van der Waals surface area contributed by atoms with Gasteiger partial charge in [0.25, 0.3) is 5.91 Å². The lowest BCUT2D eigenvalue weighted by Gasteiger charge is -2.42. The molecule has 0 aromatic heterocycles. The van der Waals surface area contributed by atoms with Crippen LogP contribution in [0.25, 0.3) is 0 Å². The van der Waals surface area contributed by atoms with E-state index < -0.39 is 32.6 Å². The lowest BCUT2D eigenvalue weighted by atomic mass is 9.73. The van der Waals surface area contributed by atoms with E-state index in [1.807, 2.05) is 16.9 Å². The summed E-state index contributed by atoms with van der Waals surface area (Å²) in [6, 6.07) is 6.09. The van der Waals surface area contributed by atoms with Crippen LogP contribution in [0.2, 0.25) is 36.3 Å². The molecule has 7 nitrogen and oxygen atoms in total. The van der Waals surface area contributed by atoms with Crippen LogP contribution < -0.4 is 9.46 Å². The van der Waals surface area contributed by atoms with Gasteiger partial charge >= 0.3 is 0 Å². The van der Waals surface area contributed by atoms with Crippen molar-refractivity contribution in [3.63, 3.8) is 0 Å². The molecule has 1 fully saturated rings. The second-order valence-electron chi connectivity index (χ2n) is 17.2. The van der Waals surface area contributed by atoms with Crippen molar-refractivity contribution in [3.8, 4) is 5.75 Å². The van der Waals surface area contributed by atoms with Gasteiger partial charge in [0, 0.05) is 12.2 Å². The monoisotopic (exact) mass is 695 g/mol. The Balaban J connectivity index is 1.86. The molecule has 10 heteroatoms. The molecule has 0 radical (unpaired) electrons. The van der Waals surface area contributed by atoms with Gasteiger partial charge in [0.15, 0.2) is 23.2 Å². The van der Waals surface area contributed by atoms with Crippen molar-refractivity contribution < 1.29 is 26.8 Å². The zero-order valence-corrected chi connectivity index (χ0v) is 33.9. The van der Waals surface area contributed by atoms with E-state index in [0.717, 1.165) is 50.3 Å². The number of sulfonamides is 1. The van der Waals surface area contributed by atoms with Crippen molar-refractivity contribution in [2.45, 2.75) is 155 Å². The molecule has 1 aromatic carbocycles. The molecular formula is C36H65NO6SSi2. The van der Waals surface area contributed by atoms with Crippen molar-refractivity contribution in [1.82, 2.24) is 4.72 Å². The van der Waals surface area contributed by atoms with Crippen LogP contribution in [-0.2, 0) is 36.5 Å². The van der Waals surface area contributed by atoms with Gasteiger partial charge in [0.1, 0.15) is 5.75 Å². The molecule has 0 aliphatic heterocycles. The number of amides is 1. The fourth-order valence-corrected chi connectivity index (χ4v) is 10.1. The third-order valence-corrected chi connectivity index (χ3v) is 21.1. The zero-order chi connectivity index (χ0) is 34.7. The van der Waals surface area contributed by atoms with Crippen LogP contribution in [0, 0.1) is 17.8 Å². The van der Waals surface area contributed by atoms with Crippen molar-refractivity contribution in [2.24, 2.45) is 17.8 Å². The highest BCUT2D eigenvalue weighted by atomic mass is 32.2. The molecule has 2 unspecified atom stereocenters. The van der Waals surface area contributed by atoms with Gasteiger partial charge in [-0.15, -0.1) is 0 Å². The standard InChI is InChI=1S/C36H65NO6SSi2/c1-13-14-15-18-28(42-45(9,10)35(2,3)4)20-21-29-30-22-26-17-16-19-32(41-25-34(38)37-44(8,39)40)31(26)23-27(30)24-33(29)43-46(11,12)36(5,6)7/h16-17,19,27-30,33H,13-15,18,20-25H2,1-12H3,(H,37,38)/t27-,28?,29+,30-,33?/m0/s1. The molecule has 1 amide bonds. The smallest absolute Gasteiger partial charge is 0.271 e. The average molecular weight is 696 g/mol. The molecule has 2 aliphatic rings. The predicted octanol–water partition coefficient (Wildman–Crippen LogP) is 8.63. The van der Waals surface area contributed by atoms with Gasteiger partial charge in [-0.2, -0.15) is 0 Å². The highest BCUT2D eigenvalue weighted by Gasteiger charge is 2.50. The number of fused-ring (bicyclic) bond motifs is 2. The molecule has 46 heavy (non-hydrogen) atoms. The number of hydrogen-bond donors (Lipinski definition) is 1. The highest BCUT2D eigenvalue weighted by Crippen LogP contribution is 2.52. The van der Waals surface area contributed by atoms with E-state index in [4.69, 9.17) is 13.6 Å². The first kappa shape index (κ1) is 39.2. The molecule has 2 aliphatic carbocycles. The molecule has 0 heterocycles.